The summed E-state index contributed by atoms with van der Waals surface area (Å²) in [4.78, 5) is 0. The van der Waals surface area contributed by atoms with Gasteiger partial charge in [0, 0.05) is 17.6 Å². The molecule has 1 aliphatic heterocycles. The minimum atomic E-state index is -0.216. The van der Waals surface area contributed by atoms with Crippen molar-refractivity contribution in [2.75, 3.05) is 17.6 Å². The maximum absolute atomic E-state index is 13.1. The Morgan fingerprint density at radius 2 is 2.00 bits per heavy atom. The Hall–Kier alpha value is -2.56. The molecule has 1 atom stereocenters. The van der Waals surface area contributed by atoms with E-state index >= 15 is 0 Å². The fourth-order valence-corrected chi connectivity index (χ4v) is 2.96. The summed E-state index contributed by atoms with van der Waals surface area (Å²) in [5, 5.41) is 9.10. The molecule has 0 saturated carbocycles. The van der Waals surface area contributed by atoms with Crippen LogP contribution in [-0.2, 0) is 0 Å². The number of nitrogens with two attached hydrogens (primary N) is 1. The van der Waals surface area contributed by atoms with E-state index in [4.69, 9.17) is 5.73 Å². The van der Waals surface area contributed by atoms with Crippen molar-refractivity contribution < 1.29 is 4.39 Å². The zero-order valence-electron chi connectivity index (χ0n) is 11.4. The molecule has 0 fully saturated rings. The van der Waals surface area contributed by atoms with Crippen molar-refractivity contribution in [2.24, 2.45) is 0 Å². The van der Waals surface area contributed by atoms with Crippen LogP contribution in [0.25, 0.3) is 10.9 Å². The number of anilines is 2. The zero-order chi connectivity index (χ0) is 14.4. The number of halogens is 1. The van der Waals surface area contributed by atoms with Gasteiger partial charge in [0.2, 0.25) is 0 Å². The van der Waals surface area contributed by atoms with E-state index in [0.717, 1.165) is 40.9 Å². The first-order chi connectivity index (χ1) is 10.2. The van der Waals surface area contributed by atoms with E-state index < -0.39 is 0 Å². The van der Waals surface area contributed by atoms with Crippen molar-refractivity contribution in [1.29, 1.82) is 0 Å². The lowest BCUT2D eigenvalue weighted by Gasteiger charge is -2.26. The van der Waals surface area contributed by atoms with Crippen LogP contribution in [-0.4, -0.2) is 16.3 Å². The van der Waals surface area contributed by atoms with E-state index in [1.807, 2.05) is 35.0 Å². The van der Waals surface area contributed by atoms with Crippen molar-refractivity contribution in [3.05, 3.63) is 53.8 Å². The van der Waals surface area contributed by atoms with E-state index in [9.17, 15) is 4.39 Å². The highest BCUT2D eigenvalue weighted by Crippen LogP contribution is 2.35. The molecule has 1 aromatic heterocycles. The molecule has 5 heteroatoms. The first kappa shape index (κ1) is 12.2. The fourth-order valence-electron chi connectivity index (χ4n) is 2.96. The molecule has 0 bridgehead atoms. The van der Waals surface area contributed by atoms with Crippen molar-refractivity contribution in [3.63, 3.8) is 0 Å². The number of aromatic nitrogens is 2. The van der Waals surface area contributed by atoms with E-state index in [2.05, 4.69) is 10.4 Å². The van der Waals surface area contributed by atoms with Crippen LogP contribution in [0.2, 0.25) is 0 Å². The van der Waals surface area contributed by atoms with Gasteiger partial charge in [0.05, 0.1) is 11.6 Å². The normalized spacial score (nSPS) is 17.5. The lowest BCUT2D eigenvalue weighted by Crippen LogP contribution is -2.24. The van der Waals surface area contributed by atoms with E-state index in [1.54, 1.807) is 0 Å². The van der Waals surface area contributed by atoms with Crippen LogP contribution in [0.1, 0.15) is 18.0 Å². The van der Waals surface area contributed by atoms with Crippen LogP contribution >= 0.6 is 0 Å². The SMILES string of the molecule is Nc1ccc2nn3c(c2c1)NCCC3c1ccc(F)cc1. The highest BCUT2D eigenvalue weighted by Gasteiger charge is 2.24. The van der Waals surface area contributed by atoms with Crippen LogP contribution in [0.15, 0.2) is 42.5 Å². The van der Waals surface area contributed by atoms with Crippen LogP contribution in [0.4, 0.5) is 15.9 Å². The molecule has 3 N–H and O–H groups in total. The largest absolute Gasteiger partial charge is 0.399 e. The summed E-state index contributed by atoms with van der Waals surface area (Å²) in [5.41, 5.74) is 8.58. The number of benzene rings is 2. The lowest BCUT2D eigenvalue weighted by atomic mass is 10.0. The first-order valence-corrected chi connectivity index (χ1v) is 6.99. The smallest absolute Gasteiger partial charge is 0.133 e. The molecule has 2 heterocycles. The number of nitrogen functional groups attached to an aromatic ring is 1. The van der Waals surface area contributed by atoms with Gasteiger partial charge >= 0.3 is 0 Å². The number of hydrogen-bond donors (Lipinski definition) is 2. The van der Waals surface area contributed by atoms with E-state index in [1.165, 1.54) is 12.1 Å². The molecule has 21 heavy (non-hydrogen) atoms. The molecule has 0 aliphatic carbocycles. The molecule has 1 aliphatic rings. The first-order valence-electron chi connectivity index (χ1n) is 6.99. The summed E-state index contributed by atoms with van der Waals surface area (Å²) < 4.78 is 15.1. The predicted molar refractivity (Wildman–Crippen MR) is 81.8 cm³/mol. The minimum Gasteiger partial charge on any atom is -0.399 e. The third-order valence-electron chi connectivity index (χ3n) is 3.98. The average Bonchev–Trinajstić information content (AvgIpc) is 2.86. The van der Waals surface area contributed by atoms with Gasteiger partial charge in [0.25, 0.3) is 0 Å². The Labute approximate surface area is 121 Å². The molecule has 2 aromatic carbocycles. The van der Waals surface area contributed by atoms with Crippen LogP contribution in [0.3, 0.4) is 0 Å². The summed E-state index contributed by atoms with van der Waals surface area (Å²) >= 11 is 0. The summed E-state index contributed by atoms with van der Waals surface area (Å²) in [6, 6.07) is 12.5. The molecule has 0 saturated heterocycles. The Morgan fingerprint density at radius 3 is 2.81 bits per heavy atom. The van der Waals surface area contributed by atoms with Gasteiger partial charge in [-0.15, -0.1) is 0 Å². The Kier molecular flexibility index (Phi) is 2.60. The number of rotatable bonds is 1. The third kappa shape index (κ3) is 1.93. The highest BCUT2D eigenvalue weighted by atomic mass is 19.1. The monoisotopic (exact) mass is 282 g/mol. The summed E-state index contributed by atoms with van der Waals surface area (Å²) in [6.07, 6.45) is 0.919. The van der Waals surface area contributed by atoms with Gasteiger partial charge in [0.1, 0.15) is 11.6 Å². The Balaban J connectivity index is 1.88. The predicted octanol–water partition coefficient (Wildman–Crippen LogP) is 3.16. The molecular weight excluding hydrogens is 267 g/mol. The molecular formula is C16H15FN4. The number of fused-ring (bicyclic) bond motifs is 3. The van der Waals surface area contributed by atoms with Crippen LogP contribution in [0.5, 0.6) is 0 Å². The second-order valence-corrected chi connectivity index (χ2v) is 5.35. The van der Waals surface area contributed by atoms with Gasteiger partial charge in [0.15, 0.2) is 0 Å². The lowest BCUT2D eigenvalue weighted by molar-refractivity contribution is 0.484. The second kappa shape index (κ2) is 4.48. The molecule has 4 rings (SSSR count). The average molecular weight is 282 g/mol. The summed E-state index contributed by atoms with van der Waals surface area (Å²) in [7, 11) is 0. The van der Waals surface area contributed by atoms with Crippen molar-refractivity contribution in [3.8, 4) is 0 Å². The maximum atomic E-state index is 13.1. The van der Waals surface area contributed by atoms with E-state index in [0.29, 0.717) is 0 Å². The summed E-state index contributed by atoms with van der Waals surface area (Å²) in [6.45, 7) is 0.859. The highest BCUT2D eigenvalue weighted by molar-refractivity contribution is 5.92. The maximum Gasteiger partial charge on any atom is 0.133 e. The summed E-state index contributed by atoms with van der Waals surface area (Å²) in [5.74, 6) is 0.768. The molecule has 3 aromatic rings. The minimum absolute atomic E-state index is 0.121. The van der Waals surface area contributed by atoms with Crippen molar-refractivity contribution in [1.82, 2.24) is 9.78 Å². The van der Waals surface area contributed by atoms with Gasteiger partial charge in [-0.05, 0) is 42.3 Å². The number of nitrogens with zero attached hydrogens (tertiary/aromatic N) is 2. The molecule has 1 unspecified atom stereocenters. The second-order valence-electron chi connectivity index (χ2n) is 5.35. The Morgan fingerprint density at radius 1 is 1.19 bits per heavy atom. The van der Waals surface area contributed by atoms with Crippen LogP contribution in [0, 0.1) is 5.82 Å². The van der Waals surface area contributed by atoms with Gasteiger partial charge in [-0.3, -0.25) is 0 Å². The quantitative estimate of drug-likeness (QED) is 0.674. The van der Waals surface area contributed by atoms with Crippen molar-refractivity contribution in [2.45, 2.75) is 12.5 Å². The fraction of sp³-hybridized carbons (Fsp3) is 0.188. The number of hydrogen-bond acceptors (Lipinski definition) is 3. The van der Waals surface area contributed by atoms with Gasteiger partial charge in [-0.2, -0.15) is 5.10 Å². The zero-order valence-corrected chi connectivity index (χ0v) is 11.4. The van der Waals surface area contributed by atoms with Crippen molar-refractivity contribution >= 4 is 22.4 Å². The number of nitrogens with one attached hydrogen (secondary N) is 1. The molecule has 4 nitrogen and oxygen atoms in total. The van der Waals surface area contributed by atoms with Crippen LogP contribution < -0.4 is 11.1 Å². The molecule has 106 valence electrons. The molecule has 0 spiro atoms. The Bertz CT molecular complexity index is 807. The molecule has 0 radical (unpaired) electrons. The van der Waals surface area contributed by atoms with Gasteiger partial charge in [-0.1, -0.05) is 12.1 Å². The molecule has 0 amide bonds. The van der Waals surface area contributed by atoms with E-state index in [-0.39, 0.29) is 11.9 Å². The van der Waals surface area contributed by atoms with Gasteiger partial charge in [-0.25, -0.2) is 9.07 Å². The third-order valence-corrected chi connectivity index (χ3v) is 3.98. The topological polar surface area (TPSA) is 55.9 Å². The van der Waals surface area contributed by atoms with Gasteiger partial charge < -0.3 is 11.1 Å². The standard InChI is InChI=1S/C16H15FN4/c17-11-3-1-10(2-4-11)15-7-8-19-16-13-9-12(18)5-6-14(13)20-21(15)16/h1-6,9,15,19H,7-8,18H2.